The first-order chi connectivity index (χ1) is 7.69. The first-order valence-corrected chi connectivity index (χ1v) is 4.86. The standard InChI is InChI=1S/C12H9ClN2O/c1-2-6-15-12-10(13)7-9(8-16)4-3-5-11(12)14/h1,6-8,11H,5,14H2/b9-7+,12-10-,15-6-. The van der Waals surface area contributed by atoms with E-state index in [1.165, 1.54) is 12.3 Å². The van der Waals surface area contributed by atoms with Crippen molar-refractivity contribution in [2.45, 2.75) is 12.5 Å². The van der Waals surface area contributed by atoms with Crippen LogP contribution < -0.4 is 5.73 Å². The summed E-state index contributed by atoms with van der Waals surface area (Å²) in [4.78, 5) is 14.6. The molecule has 0 saturated heterocycles. The molecule has 4 heteroatoms. The Morgan fingerprint density at radius 3 is 3.12 bits per heavy atom. The highest BCUT2D eigenvalue weighted by Gasteiger charge is 2.12. The molecule has 80 valence electrons. The van der Waals surface area contributed by atoms with Gasteiger partial charge in [-0.3, -0.25) is 4.79 Å². The molecule has 0 spiro atoms. The Kier molecular flexibility index (Phi) is 4.54. The molecule has 1 unspecified atom stereocenters. The maximum Gasteiger partial charge on any atom is 0.158 e. The summed E-state index contributed by atoms with van der Waals surface area (Å²) in [6.07, 6.45) is 8.76. The minimum Gasteiger partial charge on any atom is -0.322 e. The molecule has 1 atom stereocenters. The summed E-state index contributed by atoms with van der Waals surface area (Å²) >= 11 is 5.98. The number of carbonyl (C=O) groups excluding carboxylic acids is 1. The van der Waals surface area contributed by atoms with Crippen LogP contribution in [0.1, 0.15) is 6.42 Å². The molecule has 1 aliphatic rings. The lowest BCUT2D eigenvalue weighted by molar-refractivity contribution is -0.104. The van der Waals surface area contributed by atoms with Gasteiger partial charge in [-0.05, 0) is 6.08 Å². The molecule has 0 aromatic heterocycles. The summed E-state index contributed by atoms with van der Waals surface area (Å²) in [7, 11) is 0. The molecule has 3 nitrogen and oxygen atoms in total. The number of allylic oxidation sites excluding steroid dienone is 3. The van der Waals surface area contributed by atoms with Crippen LogP contribution in [0, 0.1) is 24.2 Å². The number of halogens is 1. The first kappa shape index (κ1) is 12.3. The summed E-state index contributed by atoms with van der Waals surface area (Å²) < 4.78 is 0. The molecule has 0 fully saturated rings. The lowest BCUT2D eigenvalue weighted by Gasteiger charge is -2.11. The second kappa shape index (κ2) is 5.92. The van der Waals surface area contributed by atoms with E-state index in [4.69, 9.17) is 23.8 Å². The fourth-order valence-electron chi connectivity index (χ4n) is 1.11. The molecule has 2 N–H and O–H groups in total. The Hall–Kier alpha value is -1.81. The number of aliphatic imine (C=N–C) groups is 1. The molecule has 0 saturated carbocycles. The van der Waals surface area contributed by atoms with Crippen molar-refractivity contribution in [3.63, 3.8) is 0 Å². The largest absolute Gasteiger partial charge is 0.322 e. The van der Waals surface area contributed by atoms with Gasteiger partial charge in [0.05, 0.1) is 28.6 Å². The van der Waals surface area contributed by atoms with Crippen LogP contribution >= 0.6 is 11.6 Å². The number of terminal acetylenes is 1. The third kappa shape index (κ3) is 3.10. The van der Waals surface area contributed by atoms with Crippen LogP contribution in [0.5, 0.6) is 0 Å². The van der Waals surface area contributed by atoms with Gasteiger partial charge in [0.1, 0.15) is 0 Å². The topological polar surface area (TPSA) is 55.5 Å². The van der Waals surface area contributed by atoms with E-state index in [9.17, 15) is 4.79 Å². The van der Waals surface area contributed by atoms with Gasteiger partial charge >= 0.3 is 0 Å². The predicted molar refractivity (Wildman–Crippen MR) is 64.7 cm³/mol. The highest BCUT2D eigenvalue weighted by Crippen LogP contribution is 2.19. The number of carbonyl (C=O) groups is 1. The second-order valence-corrected chi connectivity index (χ2v) is 3.40. The number of hydrogen-bond acceptors (Lipinski definition) is 3. The van der Waals surface area contributed by atoms with Gasteiger partial charge in [-0.1, -0.05) is 29.4 Å². The average Bonchev–Trinajstić information content (AvgIpc) is 2.26. The van der Waals surface area contributed by atoms with Crippen molar-refractivity contribution in [2.24, 2.45) is 10.7 Å². The van der Waals surface area contributed by atoms with Crippen molar-refractivity contribution >= 4 is 24.1 Å². The SMILES string of the molecule is C#C\C=N/C1=C(Cl)/C=C(/C=O)C#CCC1N. The lowest BCUT2D eigenvalue weighted by Crippen LogP contribution is -2.22. The highest BCUT2D eigenvalue weighted by molar-refractivity contribution is 6.32. The van der Waals surface area contributed by atoms with E-state index < -0.39 is 6.04 Å². The highest BCUT2D eigenvalue weighted by atomic mass is 35.5. The maximum absolute atomic E-state index is 10.6. The van der Waals surface area contributed by atoms with Crippen LogP contribution in [0.4, 0.5) is 0 Å². The van der Waals surface area contributed by atoms with E-state index in [2.05, 4.69) is 22.8 Å². The van der Waals surface area contributed by atoms with E-state index in [1.807, 2.05) is 0 Å². The van der Waals surface area contributed by atoms with Gasteiger partial charge in [-0.25, -0.2) is 4.99 Å². The van der Waals surface area contributed by atoms with E-state index >= 15 is 0 Å². The molecule has 0 heterocycles. The van der Waals surface area contributed by atoms with Gasteiger partial charge in [0, 0.05) is 6.42 Å². The van der Waals surface area contributed by atoms with Gasteiger partial charge in [-0.2, -0.15) is 0 Å². The minimum atomic E-state index is -0.408. The van der Waals surface area contributed by atoms with Gasteiger partial charge < -0.3 is 5.73 Å². The van der Waals surface area contributed by atoms with Crippen molar-refractivity contribution in [2.75, 3.05) is 0 Å². The van der Waals surface area contributed by atoms with E-state index in [1.54, 1.807) is 0 Å². The van der Waals surface area contributed by atoms with Gasteiger partial charge in [-0.15, -0.1) is 6.42 Å². The summed E-state index contributed by atoms with van der Waals surface area (Å²) in [5.41, 5.74) is 6.56. The smallest absolute Gasteiger partial charge is 0.158 e. The molecule has 0 aliphatic heterocycles. The predicted octanol–water partition coefficient (Wildman–Crippen LogP) is 1.00. The van der Waals surface area contributed by atoms with Crippen LogP contribution in [0.15, 0.2) is 27.4 Å². The van der Waals surface area contributed by atoms with E-state index in [-0.39, 0.29) is 5.03 Å². The molecule has 0 radical (unpaired) electrons. The van der Waals surface area contributed by atoms with E-state index in [0.717, 1.165) is 0 Å². The van der Waals surface area contributed by atoms with Crippen molar-refractivity contribution in [1.29, 1.82) is 0 Å². The van der Waals surface area contributed by atoms with Crippen LogP contribution in [-0.4, -0.2) is 18.5 Å². The zero-order valence-electron chi connectivity index (χ0n) is 8.40. The Labute approximate surface area is 99.1 Å². The molecule has 16 heavy (non-hydrogen) atoms. The quantitative estimate of drug-likeness (QED) is 0.439. The normalized spacial score (nSPS) is 28.1. The molecular formula is C12H9ClN2O. The molecule has 0 amide bonds. The minimum absolute atomic E-state index is 0.287. The fourth-order valence-corrected chi connectivity index (χ4v) is 1.42. The van der Waals surface area contributed by atoms with Gasteiger partial charge in [0.15, 0.2) is 6.29 Å². The molecule has 1 rings (SSSR count). The van der Waals surface area contributed by atoms with Crippen LogP contribution in [0.25, 0.3) is 0 Å². The zero-order valence-corrected chi connectivity index (χ0v) is 9.16. The average molecular weight is 233 g/mol. The Morgan fingerprint density at radius 1 is 1.75 bits per heavy atom. The fraction of sp³-hybridized carbons (Fsp3) is 0.167. The molecular weight excluding hydrogens is 224 g/mol. The third-order valence-electron chi connectivity index (χ3n) is 1.84. The van der Waals surface area contributed by atoms with Crippen LogP contribution in [-0.2, 0) is 4.79 Å². The Morgan fingerprint density at radius 2 is 2.50 bits per heavy atom. The zero-order chi connectivity index (χ0) is 12.0. The maximum atomic E-state index is 10.6. The van der Waals surface area contributed by atoms with Crippen molar-refractivity contribution in [1.82, 2.24) is 0 Å². The van der Waals surface area contributed by atoms with Gasteiger partial charge in [0.2, 0.25) is 0 Å². The molecule has 0 aromatic carbocycles. The number of nitrogens with two attached hydrogens (primary N) is 1. The van der Waals surface area contributed by atoms with Crippen LogP contribution in [0.3, 0.4) is 0 Å². The Bertz CT molecular complexity index is 483. The first-order valence-electron chi connectivity index (χ1n) is 4.48. The summed E-state index contributed by atoms with van der Waals surface area (Å²) in [6, 6.07) is -0.408. The Balaban J connectivity index is 3.20. The number of rotatable bonds is 2. The second-order valence-electron chi connectivity index (χ2n) is 2.99. The lowest BCUT2D eigenvalue weighted by atomic mass is 10.1. The van der Waals surface area contributed by atoms with Crippen molar-refractivity contribution in [3.05, 3.63) is 22.4 Å². The molecule has 0 aromatic rings. The van der Waals surface area contributed by atoms with Crippen molar-refractivity contribution < 1.29 is 4.79 Å². The molecule has 1 aliphatic carbocycles. The van der Waals surface area contributed by atoms with Gasteiger partial charge in [0.25, 0.3) is 0 Å². The number of nitrogens with zero attached hydrogens (tertiary/aromatic N) is 1. The number of hydrogen-bond donors (Lipinski definition) is 1. The summed E-state index contributed by atoms with van der Waals surface area (Å²) in [6.45, 7) is 0. The number of aldehydes is 1. The van der Waals surface area contributed by atoms with Crippen molar-refractivity contribution in [3.8, 4) is 24.2 Å². The van der Waals surface area contributed by atoms with E-state index in [0.29, 0.717) is 24.0 Å². The monoisotopic (exact) mass is 232 g/mol. The van der Waals surface area contributed by atoms with Crippen LogP contribution in [0.2, 0.25) is 0 Å². The molecule has 0 bridgehead atoms. The summed E-state index contributed by atoms with van der Waals surface area (Å²) in [5.74, 6) is 7.68. The third-order valence-corrected chi connectivity index (χ3v) is 2.14. The summed E-state index contributed by atoms with van der Waals surface area (Å²) in [5, 5.41) is 0.287.